The highest BCUT2D eigenvalue weighted by atomic mass is 32.1. The van der Waals surface area contributed by atoms with Crippen molar-refractivity contribution < 1.29 is 0 Å². The predicted molar refractivity (Wildman–Crippen MR) is 45.5 cm³/mol. The van der Waals surface area contributed by atoms with Crippen molar-refractivity contribution in [2.75, 3.05) is 0 Å². The highest BCUT2D eigenvalue weighted by molar-refractivity contribution is 7.71. The van der Waals surface area contributed by atoms with Gasteiger partial charge in [0.2, 0.25) is 0 Å². The van der Waals surface area contributed by atoms with Gasteiger partial charge in [0.05, 0.1) is 0 Å². The molecule has 0 aliphatic carbocycles. The molecule has 0 unspecified atom stereocenters. The first-order valence-corrected chi connectivity index (χ1v) is 3.72. The first-order chi connectivity index (χ1) is 4.79. The molecule has 0 fully saturated rings. The molecule has 0 spiro atoms. The molecule has 56 valence electrons. The van der Waals surface area contributed by atoms with Crippen LogP contribution in [0.3, 0.4) is 0 Å². The standard InChI is InChI=1S/C5H6N2S.C2H6/c1-4-2-3-6-5(8)7-4;1-2/h2-3H,1H3,(H,6,7,8);1-2H3. The normalized spacial score (nSPS) is 7.90. The van der Waals surface area contributed by atoms with Gasteiger partial charge in [-0.3, -0.25) is 0 Å². The minimum atomic E-state index is 0.546. The minimum absolute atomic E-state index is 0.546. The monoisotopic (exact) mass is 156 g/mol. The number of aromatic nitrogens is 2. The van der Waals surface area contributed by atoms with Gasteiger partial charge in [0.25, 0.3) is 0 Å². The molecule has 3 heteroatoms. The molecule has 1 aromatic rings. The van der Waals surface area contributed by atoms with E-state index >= 15 is 0 Å². The number of H-pyrrole nitrogens is 1. The number of aryl methyl sites for hydroxylation is 1. The number of aromatic amines is 1. The second-order valence-corrected chi connectivity index (χ2v) is 1.94. The van der Waals surface area contributed by atoms with Gasteiger partial charge in [0.15, 0.2) is 4.77 Å². The molecule has 0 bridgehead atoms. The number of rotatable bonds is 0. The van der Waals surface area contributed by atoms with Crippen molar-refractivity contribution in [1.29, 1.82) is 0 Å². The summed E-state index contributed by atoms with van der Waals surface area (Å²) >= 11 is 4.73. The lowest BCUT2D eigenvalue weighted by Crippen LogP contribution is -1.81. The number of nitrogens with one attached hydrogen (secondary N) is 1. The Morgan fingerprint density at radius 3 is 2.40 bits per heavy atom. The summed E-state index contributed by atoms with van der Waals surface area (Å²) in [6, 6.07) is 1.87. The van der Waals surface area contributed by atoms with Crippen molar-refractivity contribution >= 4 is 12.2 Å². The van der Waals surface area contributed by atoms with Crippen LogP contribution in [0.1, 0.15) is 19.5 Å². The van der Waals surface area contributed by atoms with E-state index in [0.29, 0.717) is 4.77 Å². The molecule has 0 aliphatic heterocycles. The van der Waals surface area contributed by atoms with E-state index < -0.39 is 0 Å². The van der Waals surface area contributed by atoms with Crippen molar-refractivity contribution in [3.63, 3.8) is 0 Å². The third-order valence-electron chi connectivity index (χ3n) is 0.820. The summed E-state index contributed by atoms with van der Waals surface area (Å²) in [6.07, 6.45) is 1.69. The Bertz CT molecular complexity index is 229. The maximum atomic E-state index is 4.73. The molecule has 1 rings (SSSR count). The van der Waals surface area contributed by atoms with Crippen molar-refractivity contribution in [3.8, 4) is 0 Å². The Morgan fingerprint density at radius 2 is 2.10 bits per heavy atom. The van der Waals surface area contributed by atoms with Gasteiger partial charge in [0.1, 0.15) is 0 Å². The van der Waals surface area contributed by atoms with Crippen LogP contribution in [-0.2, 0) is 0 Å². The fourth-order valence-corrected chi connectivity index (χ4v) is 0.681. The van der Waals surface area contributed by atoms with Crippen LogP contribution in [0.25, 0.3) is 0 Å². The van der Waals surface area contributed by atoms with Gasteiger partial charge in [-0.2, -0.15) is 0 Å². The summed E-state index contributed by atoms with van der Waals surface area (Å²) in [7, 11) is 0. The van der Waals surface area contributed by atoms with Crippen LogP contribution in [0.15, 0.2) is 12.3 Å². The van der Waals surface area contributed by atoms with E-state index in [9.17, 15) is 0 Å². The minimum Gasteiger partial charge on any atom is -0.335 e. The molecule has 1 aromatic heterocycles. The summed E-state index contributed by atoms with van der Waals surface area (Å²) in [5.74, 6) is 0. The van der Waals surface area contributed by atoms with Gasteiger partial charge in [0, 0.05) is 11.9 Å². The van der Waals surface area contributed by atoms with Gasteiger partial charge in [-0.05, 0) is 25.2 Å². The lowest BCUT2D eigenvalue weighted by atomic mass is 10.5. The van der Waals surface area contributed by atoms with Gasteiger partial charge in [-0.1, -0.05) is 13.8 Å². The van der Waals surface area contributed by atoms with Crippen molar-refractivity contribution in [2.45, 2.75) is 20.8 Å². The second-order valence-electron chi connectivity index (χ2n) is 1.56. The fraction of sp³-hybridized carbons (Fsp3) is 0.429. The first-order valence-electron chi connectivity index (χ1n) is 3.31. The van der Waals surface area contributed by atoms with E-state index in [1.807, 2.05) is 26.8 Å². The Hall–Kier alpha value is -0.700. The lowest BCUT2D eigenvalue weighted by molar-refractivity contribution is 1.07. The molecular formula is C7H12N2S. The molecule has 0 amide bonds. The SMILES string of the molecule is CC.Cc1ccnc(=S)[nH]1. The average Bonchev–Trinajstić information content (AvgIpc) is 1.91. The molecule has 10 heavy (non-hydrogen) atoms. The third kappa shape index (κ3) is 3.35. The zero-order valence-electron chi connectivity index (χ0n) is 6.51. The maximum absolute atomic E-state index is 4.73. The maximum Gasteiger partial charge on any atom is 0.196 e. The number of nitrogens with zero attached hydrogens (tertiary/aromatic N) is 1. The smallest absolute Gasteiger partial charge is 0.196 e. The summed E-state index contributed by atoms with van der Waals surface area (Å²) in [4.78, 5) is 6.67. The average molecular weight is 156 g/mol. The van der Waals surface area contributed by atoms with Gasteiger partial charge in [-0.15, -0.1) is 0 Å². The topological polar surface area (TPSA) is 28.7 Å². The molecule has 0 saturated carbocycles. The molecule has 1 N–H and O–H groups in total. The van der Waals surface area contributed by atoms with Crippen LogP contribution < -0.4 is 0 Å². The molecule has 0 aromatic carbocycles. The number of hydrogen-bond acceptors (Lipinski definition) is 2. The highest BCUT2D eigenvalue weighted by Gasteiger charge is 1.77. The van der Waals surface area contributed by atoms with Crippen LogP contribution in [0.2, 0.25) is 0 Å². The molecule has 0 atom stereocenters. The molecular weight excluding hydrogens is 144 g/mol. The van der Waals surface area contributed by atoms with Crippen LogP contribution >= 0.6 is 12.2 Å². The summed E-state index contributed by atoms with van der Waals surface area (Å²) in [5.41, 5.74) is 1.05. The summed E-state index contributed by atoms with van der Waals surface area (Å²) in [5, 5.41) is 0. The van der Waals surface area contributed by atoms with E-state index in [1.165, 1.54) is 0 Å². The third-order valence-corrected chi connectivity index (χ3v) is 1.03. The summed E-state index contributed by atoms with van der Waals surface area (Å²) in [6.45, 7) is 5.94. The Kier molecular flexibility index (Phi) is 4.76. The van der Waals surface area contributed by atoms with E-state index in [4.69, 9.17) is 12.2 Å². The van der Waals surface area contributed by atoms with Crippen LogP contribution in [0.4, 0.5) is 0 Å². The fourth-order valence-electron chi connectivity index (χ4n) is 0.459. The van der Waals surface area contributed by atoms with E-state index in [-0.39, 0.29) is 0 Å². The van der Waals surface area contributed by atoms with Gasteiger partial charge < -0.3 is 4.98 Å². The molecule has 0 radical (unpaired) electrons. The number of hydrogen-bond donors (Lipinski definition) is 1. The largest absolute Gasteiger partial charge is 0.335 e. The zero-order valence-corrected chi connectivity index (χ0v) is 7.33. The van der Waals surface area contributed by atoms with Crippen LogP contribution in [-0.4, -0.2) is 9.97 Å². The van der Waals surface area contributed by atoms with Crippen LogP contribution in [0.5, 0.6) is 0 Å². The van der Waals surface area contributed by atoms with Crippen molar-refractivity contribution in [1.82, 2.24) is 9.97 Å². The Balaban J connectivity index is 0.000000371. The molecule has 0 aliphatic rings. The first kappa shape index (κ1) is 9.30. The van der Waals surface area contributed by atoms with Gasteiger partial charge in [-0.25, -0.2) is 4.98 Å². The summed E-state index contributed by atoms with van der Waals surface area (Å²) < 4.78 is 0.546. The van der Waals surface area contributed by atoms with E-state index in [1.54, 1.807) is 6.20 Å². The Morgan fingerprint density at radius 1 is 1.50 bits per heavy atom. The van der Waals surface area contributed by atoms with E-state index in [2.05, 4.69) is 9.97 Å². The zero-order chi connectivity index (χ0) is 7.98. The molecule has 0 saturated heterocycles. The predicted octanol–water partition coefficient (Wildman–Crippen LogP) is 2.47. The van der Waals surface area contributed by atoms with Gasteiger partial charge >= 0.3 is 0 Å². The Labute approximate surface area is 66.3 Å². The van der Waals surface area contributed by atoms with Crippen molar-refractivity contribution in [2.24, 2.45) is 0 Å². The van der Waals surface area contributed by atoms with Crippen LogP contribution in [0, 0.1) is 11.7 Å². The van der Waals surface area contributed by atoms with Crippen molar-refractivity contribution in [3.05, 3.63) is 22.7 Å². The second kappa shape index (κ2) is 5.11. The lowest BCUT2D eigenvalue weighted by Gasteiger charge is -1.86. The highest BCUT2D eigenvalue weighted by Crippen LogP contribution is 1.85. The molecule has 2 nitrogen and oxygen atoms in total. The van der Waals surface area contributed by atoms with E-state index in [0.717, 1.165) is 5.69 Å². The quantitative estimate of drug-likeness (QED) is 0.584. The molecule has 1 heterocycles.